The van der Waals surface area contributed by atoms with Crippen LogP contribution in [0.3, 0.4) is 0 Å². The number of nitrogens with two attached hydrogens (primary N) is 1. The Morgan fingerprint density at radius 1 is 1.15 bits per heavy atom. The van der Waals surface area contributed by atoms with Gasteiger partial charge in [0.05, 0.1) is 11.6 Å². The molecule has 108 valence electrons. The molecule has 2 N–H and O–H groups in total. The molecule has 0 aliphatic heterocycles. The Kier molecular flexibility index (Phi) is 6.34. The fraction of sp³-hybridized carbons (Fsp3) is 0.250. The van der Waals surface area contributed by atoms with Crippen molar-refractivity contribution in [3.05, 3.63) is 53.1 Å². The van der Waals surface area contributed by atoms with Gasteiger partial charge in [-0.25, -0.2) is 0 Å². The smallest absolute Gasteiger partial charge is 0.120 e. The van der Waals surface area contributed by atoms with Crippen LogP contribution in [0.1, 0.15) is 25.5 Å². The molecule has 2 aromatic rings. The van der Waals surface area contributed by atoms with Gasteiger partial charge in [0, 0.05) is 11.6 Å². The van der Waals surface area contributed by atoms with Gasteiger partial charge in [0.15, 0.2) is 0 Å². The monoisotopic (exact) mass is 311 g/mol. The van der Waals surface area contributed by atoms with Gasteiger partial charge in [0.2, 0.25) is 0 Å². The zero-order valence-corrected chi connectivity index (χ0v) is 13.2. The first-order chi connectivity index (χ1) is 9.11. The first-order valence-corrected chi connectivity index (χ1v) is 6.78. The maximum absolute atomic E-state index is 6.30. The molecule has 0 bridgehead atoms. The standard InChI is InChI=1S/C16H18ClNO.ClH/c1-3-19-14-8-9-15(16(17)10-14)13-6-4-12(5-7-13)11(2)18;/h4-11H,3,18H2,1-2H3;1H. The predicted octanol–water partition coefficient (Wildman–Crippen LogP) is 4.85. The van der Waals surface area contributed by atoms with Gasteiger partial charge in [-0.3, -0.25) is 0 Å². The summed E-state index contributed by atoms with van der Waals surface area (Å²) in [6.45, 7) is 4.56. The summed E-state index contributed by atoms with van der Waals surface area (Å²) in [6.07, 6.45) is 0. The van der Waals surface area contributed by atoms with Crippen molar-refractivity contribution in [2.75, 3.05) is 6.61 Å². The third-order valence-corrected chi connectivity index (χ3v) is 3.31. The molecular formula is C16H19Cl2NO. The molecular weight excluding hydrogens is 293 g/mol. The highest BCUT2D eigenvalue weighted by Crippen LogP contribution is 2.31. The lowest BCUT2D eigenvalue weighted by Gasteiger charge is -2.10. The Morgan fingerprint density at radius 2 is 1.80 bits per heavy atom. The van der Waals surface area contributed by atoms with Gasteiger partial charge in [-0.05, 0) is 43.2 Å². The fourth-order valence-corrected chi connectivity index (χ4v) is 2.23. The summed E-state index contributed by atoms with van der Waals surface area (Å²) in [5.74, 6) is 0.795. The van der Waals surface area contributed by atoms with E-state index >= 15 is 0 Å². The highest BCUT2D eigenvalue weighted by Gasteiger charge is 2.06. The normalized spacial score (nSPS) is 11.6. The highest BCUT2D eigenvalue weighted by atomic mass is 35.5. The van der Waals surface area contributed by atoms with Crippen LogP contribution in [0.15, 0.2) is 42.5 Å². The Balaban J connectivity index is 0.00000200. The van der Waals surface area contributed by atoms with Crippen molar-refractivity contribution in [2.45, 2.75) is 19.9 Å². The van der Waals surface area contributed by atoms with Crippen LogP contribution in [-0.2, 0) is 0 Å². The van der Waals surface area contributed by atoms with Gasteiger partial charge in [-0.1, -0.05) is 35.9 Å². The van der Waals surface area contributed by atoms with Gasteiger partial charge >= 0.3 is 0 Å². The molecule has 2 aromatic carbocycles. The van der Waals surface area contributed by atoms with Crippen LogP contribution in [0.2, 0.25) is 5.02 Å². The molecule has 0 heterocycles. The van der Waals surface area contributed by atoms with Gasteiger partial charge in [0.1, 0.15) is 5.75 Å². The number of rotatable bonds is 4. The third kappa shape index (κ3) is 3.89. The van der Waals surface area contributed by atoms with Crippen LogP contribution in [-0.4, -0.2) is 6.61 Å². The van der Waals surface area contributed by atoms with Crippen molar-refractivity contribution in [2.24, 2.45) is 5.73 Å². The van der Waals surface area contributed by atoms with Gasteiger partial charge in [-0.15, -0.1) is 12.4 Å². The van der Waals surface area contributed by atoms with Crippen molar-refractivity contribution in [1.82, 2.24) is 0 Å². The number of ether oxygens (including phenoxy) is 1. The molecule has 0 spiro atoms. The minimum Gasteiger partial charge on any atom is -0.494 e. The van der Waals surface area contributed by atoms with E-state index in [1.54, 1.807) is 0 Å². The van der Waals surface area contributed by atoms with Crippen molar-refractivity contribution < 1.29 is 4.74 Å². The van der Waals surface area contributed by atoms with Crippen molar-refractivity contribution in [1.29, 1.82) is 0 Å². The molecule has 0 amide bonds. The van der Waals surface area contributed by atoms with E-state index in [-0.39, 0.29) is 18.4 Å². The average molecular weight is 312 g/mol. The number of benzene rings is 2. The lowest BCUT2D eigenvalue weighted by Crippen LogP contribution is -2.04. The fourth-order valence-electron chi connectivity index (χ4n) is 1.95. The van der Waals surface area contributed by atoms with Crippen LogP contribution >= 0.6 is 24.0 Å². The Hall–Kier alpha value is -1.22. The molecule has 0 radical (unpaired) electrons. The van der Waals surface area contributed by atoms with Crippen molar-refractivity contribution >= 4 is 24.0 Å². The van der Waals surface area contributed by atoms with Gasteiger partial charge in [0.25, 0.3) is 0 Å². The SMILES string of the molecule is CCOc1ccc(-c2ccc(C(C)N)cc2)c(Cl)c1.Cl. The maximum Gasteiger partial charge on any atom is 0.120 e. The van der Waals surface area contributed by atoms with E-state index in [1.165, 1.54) is 0 Å². The lowest BCUT2D eigenvalue weighted by molar-refractivity contribution is 0.340. The Morgan fingerprint density at radius 3 is 2.30 bits per heavy atom. The maximum atomic E-state index is 6.30. The molecule has 2 rings (SSSR count). The number of hydrogen-bond donors (Lipinski definition) is 1. The molecule has 0 saturated carbocycles. The average Bonchev–Trinajstić information content (AvgIpc) is 2.39. The topological polar surface area (TPSA) is 35.2 Å². The molecule has 0 aromatic heterocycles. The molecule has 0 aliphatic carbocycles. The van der Waals surface area contributed by atoms with E-state index in [0.29, 0.717) is 11.6 Å². The van der Waals surface area contributed by atoms with E-state index in [0.717, 1.165) is 22.4 Å². The first kappa shape index (κ1) is 16.8. The quantitative estimate of drug-likeness (QED) is 0.876. The van der Waals surface area contributed by atoms with E-state index < -0.39 is 0 Å². The molecule has 1 unspecified atom stereocenters. The van der Waals surface area contributed by atoms with Crippen LogP contribution in [0.5, 0.6) is 5.75 Å². The van der Waals surface area contributed by atoms with Crippen LogP contribution < -0.4 is 10.5 Å². The predicted molar refractivity (Wildman–Crippen MR) is 87.9 cm³/mol. The molecule has 0 fully saturated rings. The van der Waals surface area contributed by atoms with E-state index in [4.69, 9.17) is 22.1 Å². The van der Waals surface area contributed by atoms with E-state index in [2.05, 4.69) is 0 Å². The zero-order chi connectivity index (χ0) is 13.8. The zero-order valence-electron chi connectivity index (χ0n) is 11.6. The molecule has 0 aliphatic rings. The molecule has 4 heteroatoms. The molecule has 20 heavy (non-hydrogen) atoms. The number of hydrogen-bond acceptors (Lipinski definition) is 2. The first-order valence-electron chi connectivity index (χ1n) is 6.40. The minimum absolute atomic E-state index is 0. The second-order valence-electron chi connectivity index (χ2n) is 4.49. The van der Waals surface area contributed by atoms with Crippen LogP contribution in [0, 0.1) is 0 Å². The van der Waals surface area contributed by atoms with Crippen molar-refractivity contribution in [3.8, 4) is 16.9 Å². The summed E-state index contributed by atoms with van der Waals surface area (Å²) in [4.78, 5) is 0. The molecule has 0 saturated heterocycles. The summed E-state index contributed by atoms with van der Waals surface area (Å²) in [6, 6.07) is 14.0. The summed E-state index contributed by atoms with van der Waals surface area (Å²) < 4.78 is 5.43. The summed E-state index contributed by atoms with van der Waals surface area (Å²) in [5, 5.41) is 0.694. The lowest BCUT2D eigenvalue weighted by atomic mass is 10.0. The molecule has 1 atom stereocenters. The van der Waals surface area contributed by atoms with Gasteiger partial charge < -0.3 is 10.5 Å². The van der Waals surface area contributed by atoms with E-state index in [1.807, 2.05) is 56.3 Å². The van der Waals surface area contributed by atoms with Gasteiger partial charge in [-0.2, -0.15) is 0 Å². The van der Waals surface area contributed by atoms with Crippen LogP contribution in [0.25, 0.3) is 11.1 Å². The van der Waals surface area contributed by atoms with E-state index in [9.17, 15) is 0 Å². The van der Waals surface area contributed by atoms with Crippen LogP contribution in [0.4, 0.5) is 0 Å². The second kappa shape index (κ2) is 7.53. The highest BCUT2D eigenvalue weighted by molar-refractivity contribution is 6.33. The summed E-state index contributed by atoms with van der Waals surface area (Å²) in [7, 11) is 0. The summed E-state index contributed by atoms with van der Waals surface area (Å²) >= 11 is 6.30. The largest absolute Gasteiger partial charge is 0.494 e. The minimum atomic E-state index is 0. The second-order valence-corrected chi connectivity index (χ2v) is 4.89. The number of halogens is 2. The summed E-state index contributed by atoms with van der Waals surface area (Å²) in [5.41, 5.74) is 9.04. The third-order valence-electron chi connectivity index (χ3n) is 3.00. The Labute approximate surface area is 131 Å². The van der Waals surface area contributed by atoms with Crippen molar-refractivity contribution in [3.63, 3.8) is 0 Å². The molecule has 2 nitrogen and oxygen atoms in total. The Bertz CT molecular complexity index is 553.